The Morgan fingerprint density at radius 2 is 1.78 bits per heavy atom. The fourth-order valence-corrected chi connectivity index (χ4v) is 4.99. The Bertz CT molecular complexity index is 847. The number of anilines is 1. The summed E-state index contributed by atoms with van der Waals surface area (Å²) in [6, 6.07) is 5.02. The smallest absolute Gasteiger partial charge is 0.409 e. The highest BCUT2D eigenvalue weighted by Gasteiger charge is 2.33. The van der Waals surface area contributed by atoms with E-state index in [0.29, 0.717) is 50.5 Å². The van der Waals surface area contributed by atoms with Gasteiger partial charge in [0.05, 0.1) is 18.6 Å². The van der Waals surface area contributed by atoms with Gasteiger partial charge in [-0.2, -0.15) is 0 Å². The molecule has 2 amide bonds. The summed E-state index contributed by atoms with van der Waals surface area (Å²) in [5.41, 5.74) is 2.05. The zero-order valence-electron chi connectivity index (χ0n) is 15.8. The number of fused-ring (bicyclic) bond motifs is 1. The minimum atomic E-state index is -3.35. The molecule has 0 radical (unpaired) electrons. The second kappa shape index (κ2) is 7.38. The maximum absolute atomic E-state index is 12.8. The van der Waals surface area contributed by atoms with Gasteiger partial charge in [0, 0.05) is 37.8 Å². The maximum Gasteiger partial charge on any atom is 0.409 e. The fourth-order valence-electron chi connectivity index (χ4n) is 3.73. The molecule has 0 saturated carbocycles. The first-order valence-electron chi connectivity index (χ1n) is 9.05. The predicted octanol–water partition coefficient (Wildman–Crippen LogP) is 1.31. The van der Waals surface area contributed by atoms with Crippen LogP contribution in [0.4, 0.5) is 10.5 Å². The van der Waals surface area contributed by atoms with Crippen molar-refractivity contribution in [3.63, 3.8) is 0 Å². The summed E-state index contributed by atoms with van der Waals surface area (Å²) in [5.74, 6) is -0.105. The molecule has 8 nitrogen and oxygen atoms in total. The van der Waals surface area contributed by atoms with E-state index in [1.54, 1.807) is 34.9 Å². The van der Waals surface area contributed by atoms with Crippen molar-refractivity contribution in [2.45, 2.75) is 26.3 Å². The number of rotatable bonds is 3. The molecule has 27 heavy (non-hydrogen) atoms. The zero-order chi connectivity index (χ0) is 19.8. The lowest BCUT2D eigenvalue weighted by atomic mass is 10.1. The molecular weight excluding hydrogens is 370 g/mol. The number of hydrogen-bond donors (Lipinski definition) is 0. The van der Waals surface area contributed by atoms with Crippen LogP contribution < -0.4 is 4.31 Å². The standard InChI is InChI=1S/C18H25N3O5S/c1-4-26-18(23)20-9-7-19(8-10-20)17(22)14-5-6-16-15(12-14)11-13(2)21(16)27(3,24)25/h5-6,12-13H,4,7-11H2,1-3H3/t13-/m0/s1. The van der Waals surface area contributed by atoms with Crippen LogP contribution in [-0.2, 0) is 21.2 Å². The number of carbonyl (C=O) groups is 2. The van der Waals surface area contributed by atoms with Gasteiger partial charge in [0.25, 0.3) is 5.91 Å². The first-order chi connectivity index (χ1) is 12.7. The average Bonchev–Trinajstić information content (AvgIpc) is 2.96. The predicted molar refractivity (Wildman–Crippen MR) is 101 cm³/mol. The van der Waals surface area contributed by atoms with E-state index in [4.69, 9.17) is 4.74 Å². The van der Waals surface area contributed by atoms with Crippen molar-refractivity contribution < 1.29 is 22.7 Å². The van der Waals surface area contributed by atoms with Crippen molar-refractivity contribution in [1.82, 2.24) is 9.80 Å². The minimum absolute atomic E-state index is 0.105. The van der Waals surface area contributed by atoms with Crippen LogP contribution in [0.1, 0.15) is 29.8 Å². The summed E-state index contributed by atoms with van der Waals surface area (Å²) in [6.45, 7) is 5.72. The van der Waals surface area contributed by atoms with Gasteiger partial charge in [-0.1, -0.05) is 0 Å². The molecule has 1 atom stereocenters. The number of hydrogen-bond acceptors (Lipinski definition) is 5. The monoisotopic (exact) mass is 395 g/mol. The highest BCUT2D eigenvalue weighted by Crippen LogP contribution is 2.34. The Morgan fingerprint density at radius 3 is 2.37 bits per heavy atom. The zero-order valence-corrected chi connectivity index (χ0v) is 16.7. The summed E-state index contributed by atoms with van der Waals surface area (Å²) < 4.78 is 30.4. The van der Waals surface area contributed by atoms with Crippen LogP contribution in [0.5, 0.6) is 0 Å². The first kappa shape index (κ1) is 19.5. The van der Waals surface area contributed by atoms with Crippen LogP contribution in [0.25, 0.3) is 0 Å². The molecule has 0 unspecified atom stereocenters. The molecule has 1 aromatic carbocycles. The van der Waals surface area contributed by atoms with E-state index in [1.165, 1.54) is 10.6 Å². The fraction of sp³-hybridized carbons (Fsp3) is 0.556. The van der Waals surface area contributed by atoms with Gasteiger partial charge < -0.3 is 14.5 Å². The van der Waals surface area contributed by atoms with E-state index in [-0.39, 0.29) is 18.0 Å². The lowest BCUT2D eigenvalue weighted by molar-refractivity contribution is 0.0570. The molecule has 3 rings (SSSR count). The van der Waals surface area contributed by atoms with Crippen LogP contribution in [0.2, 0.25) is 0 Å². The van der Waals surface area contributed by atoms with Crippen LogP contribution >= 0.6 is 0 Å². The quantitative estimate of drug-likeness (QED) is 0.770. The molecule has 1 saturated heterocycles. The van der Waals surface area contributed by atoms with Crippen molar-refractivity contribution in [3.8, 4) is 0 Å². The highest BCUT2D eigenvalue weighted by atomic mass is 32.2. The summed E-state index contributed by atoms with van der Waals surface area (Å²) in [5, 5.41) is 0. The topological polar surface area (TPSA) is 87.2 Å². The van der Waals surface area contributed by atoms with Gasteiger partial charge in [-0.15, -0.1) is 0 Å². The van der Waals surface area contributed by atoms with E-state index in [2.05, 4.69) is 0 Å². The highest BCUT2D eigenvalue weighted by molar-refractivity contribution is 7.92. The third kappa shape index (κ3) is 3.87. The van der Waals surface area contributed by atoms with Gasteiger partial charge in [-0.05, 0) is 44.0 Å². The third-order valence-corrected chi connectivity index (χ3v) is 6.20. The molecule has 2 heterocycles. The van der Waals surface area contributed by atoms with Gasteiger partial charge in [0.2, 0.25) is 10.0 Å². The molecule has 0 aromatic heterocycles. The van der Waals surface area contributed by atoms with E-state index in [1.807, 2.05) is 6.92 Å². The normalized spacial score (nSPS) is 19.8. The summed E-state index contributed by atoms with van der Waals surface area (Å²) in [4.78, 5) is 27.9. The first-order valence-corrected chi connectivity index (χ1v) is 10.9. The third-order valence-electron chi connectivity index (χ3n) is 4.93. The maximum atomic E-state index is 12.8. The van der Waals surface area contributed by atoms with Crippen LogP contribution in [0, 0.1) is 0 Å². The minimum Gasteiger partial charge on any atom is -0.450 e. The number of sulfonamides is 1. The summed E-state index contributed by atoms with van der Waals surface area (Å²) >= 11 is 0. The van der Waals surface area contributed by atoms with Crippen molar-refractivity contribution in [1.29, 1.82) is 0 Å². The largest absolute Gasteiger partial charge is 0.450 e. The number of nitrogens with zero attached hydrogens (tertiary/aromatic N) is 3. The molecular formula is C18H25N3O5S. The van der Waals surface area contributed by atoms with Crippen molar-refractivity contribution >= 4 is 27.7 Å². The van der Waals surface area contributed by atoms with Gasteiger partial charge in [-0.3, -0.25) is 9.10 Å². The second-order valence-electron chi connectivity index (χ2n) is 6.93. The van der Waals surface area contributed by atoms with Crippen LogP contribution in [-0.4, -0.2) is 75.3 Å². The van der Waals surface area contributed by atoms with Crippen molar-refractivity contribution in [3.05, 3.63) is 29.3 Å². The molecule has 2 aliphatic heterocycles. The summed E-state index contributed by atoms with van der Waals surface area (Å²) in [6.07, 6.45) is 1.43. The lowest BCUT2D eigenvalue weighted by Crippen LogP contribution is -2.50. The molecule has 0 aliphatic carbocycles. The Hall–Kier alpha value is -2.29. The second-order valence-corrected chi connectivity index (χ2v) is 8.79. The number of amides is 2. The van der Waals surface area contributed by atoms with E-state index in [9.17, 15) is 18.0 Å². The number of piperazine rings is 1. The van der Waals surface area contributed by atoms with Gasteiger partial charge in [-0.25, -0.2) is 13.2 Å². The molecule has 1 fully saturated rings. The van der Waals surface area contributed by atoms with E-state index in [0.717, 1.165) is 5.56 Å². The number of ether oxygens (including phenoxy) is 1. The van der Waals surface area contributed by atoms with Gasteiger partial charge >= 0.3 is 6.09 Å². The van der Waals surface area contributed by atoms with Gasteiger partial charge in [0.1, 0.15) is 0 Å². The van der Waals surface area contributed by atoms with E-state index >= 15 is 0 Å². The molecule has 0 N–H and O–H groups in total. The molecule has 0 bridgehead atoms. The molecule has 2 aliphatic rings. The van der Waals surface area contributed by atoms with Crippen LogP contribution in [0.15, 0.2) is 18.2 Å². The molecule has 0 spiro atoms. The van der Waals surface area contributed by atoms with Crippen molar-refractivity contribution in [2.75, 3.05) is 43.3 Å². The van der Waals surface area contributed by atoms with Crippen molar-refractivity contribution in [2.24, 2.45) is 0 Å². The Balaban J connectivity index is 1.71. The number of benzene rings is 1. The lowest BCUT2D eigenvalue weighted by Gasteiger charge is -2.34. The molecule has 148 valence electrons. The summed E-state index contributed by atoms with van der Waals surface area (Å²) in [7, 11) is -3.35. The van der Waals surface area contributed by atoms with E-state index < -0.39 is 10.0 Å². The SMILES string of the molecule is CCOC(=O)N1CCN(C(=O)c2ccc3c(c2)C[C@H](C)N3S(C)(=O)=O)CC1. The molecule has 9 heteroatoms. The van der Waals surface area contributed by atoms with Gasteiger partial charge in [0.15, 0.2) is 0 Å². The Kier molecular flexibility index (Phi) is 5.32. The Labute approximate surface area is 159 Å². The number of carbonyl (C=O) groups excluding carboxylic acids is 2. The Morgan fingerprint density at radius 1 is 1.15 bits per heavy atom. The average molecular weight is 395 g/mol. The molecule has 1 aromatic rings. The van der Waals surface area contributed by atoms with Crippen LogP contribution in [0.3, 0.4) is 0 Å².